The van der Waals surface area contributed by atoms with Gasteiger partial charge in [0.15, 0.2) is 0 Å². The number of amides is 2. The number of carboxylic acid groups (broad SMARTS) is 1. The highest BCUT2D eigenvalue weighted by atomic mass is 35.5. The van der Waals surface area contributed by atoms with E-state index < -0.39 is 17.4 Å². The largest absolute Gasteiger partial charge is 0.492 e. The van der Waals surface area contributed by atoms with E-state index in [1.807, 2.05) is 29.2 Å². The molecule has 0 aromatic heterocycles. The minimum absolute atomic E-state index is 0.214. The van der Waals surface area contributed by atoms with Crippen LogP contribution in [0, 0.1) is 11.8 Å². The summed E-state index contributed by atoms with van der Waals surface area (Å²) in [5.41, 5.74) is -1.20. The van der Waals surface area contributed by atoms with Gasteiger partial charge >= 0.3 is 5.97 Å². The molecule has 1 heterocycles. The third kappa shape index (κ3) is 4.99. The first kappa shape index (κ1) is 24.3. The number of hydrogen-bond donors (Lipinski definition) is 2. The molecule has 1 unspecified atom stereocenters. The Hall–Kier alpha value is -2.80. The third-order valence-corrected chi connectivity index (χ3v) is 7.39. The second kappa shape index (κ2) is 9.82. The molecule has 2 aromatic rings. The monoisotopic (exact) mass is 486 g/mol. The fourth-order valence-electron chi connectivity index (χ4n) is 4.35. The van der Waals surface area contributed by atoms with Crippen LogP contribution in [0.25, 0.3) is 10.8 Å². The van der Waals surface area contributed by atoms with E-state index in [2.05, 4.69) is 5.32 Å². The standard InChI is InChI=1S/C26H31ClN2O5/c1-3-26(2,25(32)33)28-23(30)20-14-21(27)18-6-4-5-7-19(18)22(20)34-15-16-10-12-29(13-11-16)24(31)17-8-9-17/h4-7,14,16-17H,3,8-13,15H2,1-2H3,(H,28,30)(H,32,33). The number of ether oxygens (including phenoxy) is 1. The highest BCUT2D eigenvalue weighted by Gasteiger charge is 2.36. The average molecular weight is 487 g/mol. The predicted molar refractivity (Wildman–Crippen MR) is 130 cm³/mol. The lowest BCUT2D eigenvalue weighted by atomic mass is 9.96. The predicted octanol–water partition coefficient (Wildman–Crippen LogP) is 4.50. The summed E-state index contributed by atoms with van der Waals surface area (Å²) in [6.07, 6.45) is 3.94. The second-order valence-electron chi connectivity index (χ2n) is 9.58. The van der Waals surface area contributed by atoms with Crippen molar-refractivity contribution in [3.63, 3.8) is 0 Å². The van der Waals surface area contributed by atoms with Crippen LogP contribution in [0.15, 0.2) is 30.3 Å². The van der Waals surface area contributed by atoms with E-state index in [0.29, 0.717) is 22.8 Å². The Morgan fingerprint density at radius 3 is 2.38 bits per heavy atom. The number of rotatable bonds is 8. The molecule has 34 heavy (non-hydrogen) atoms. The van der Waals surface area contributed by atoms with E-state index in [4.69, 9.17) is 16.3 Å². The van der Waals surface area contributed by atoms with Crippen LogP contribution < -0.4 is 10.1 Å². The Bertz CT molecular complexity index is 1110. The van der Waals surface area contributed by atoms with Gasteiger partial charge < -0.3 is 20.1 Å². The molecule has 0 bridgehead atoms. The molecule has 0 radical (unpaired) electrons. The number of halogens is 1. The lowest BCUT2D eigenvalue weighted by Crippen LogP contribution is -2.51. The Labute approximate surface area is 204 Å². The number of likely N-dealkylation sites (tertiary alicyclic amines) is 1. The summed E-state index contributed by atoms with van der Waals surface area (Å²) < 4.78 is 6.26. The fraction of sp³-hybridized carbons (Fsp3) is 0.500. The van der Waals surface area contributed by atoms with Crippen molar-refractivity contribution in [2.45, 2.75) is 51.5 Å². The van der Waals surface area contributed by atoms with Crippen LogP contribution >= 0.6 is 11.6 Å². The number of aliphatic carboxylic acids is 1. The minimum Gasteiger partial charge on any atom is -0.492 e. The van der Waals surface area contributed by atoms with Crippen LogP contribution in [-0.4, -0.2) is 53.0 Å². The zero-order valence-electron chi connectivity index (χ0n) is 19.6. The number of carboxylic acids is 1. The van der Waals surface area contributed by atoms with Crippen molar-refractivity contribution >= 4 is 40.2 Å². The van der Waals surface area contributed by atoms with E-state index >= 15 is 0 Å². The molecule has 2 aliphatic rings. The fourth-order valence-corrected chi connectivity index (χ4v) is 4.62. The van der Waals surface area contributed by atoms with Gasteiger partial charge in [-0.05, 0) is 51.0 Å². The van der Waals surface area contributed by atoms with E-state index in [-0.39, 0.29) is 29.7 Å². The SMILES string of the molecule is CCC(C)(NC(=O)c1cc(Cl)c2ccccc2c1OCC1CCN(C(=O)C2CC2)CC1)C(=O)O. The van der Waals surface area contributed by atoms with Crippen LogP contribution in [0.2, 0.25) is 5.02 Å². The number of carbonyl (C=O) groups excluding carboxylic acids is 2. The number of benzene rings is 2. The maximum Gasteiger partial charge on any atom is 0.329 e. The number of nitrogens with one attached hydrogen (secondary N) is 1. The van der Waals surface area contributed by atoms with Crippen LogP contribution in [0.4, 0.5) is 0 Å². The number of fused-ring (bicyclic) bond motifs is 1. The van der Waals surface area contributed by atoms with Crippen molar-refractivity contribution in [2.75, 3.05) is 19.7 Å². The molecule has 7 nitrogen and oxygen atoms in total. The van der Waals surface area contributed by atoms with Crippen LogP contribution in [0.3, 0.4) is 0 Å². The topological polar surface area (TPSA) is 95.9 Å². The van der Waals surface area contributed by atoms with E-state index in [0.717, 1.165) is 44.2 Å². The Morgan fingerprint density at radius 1 is 1.15 bits per heavy atom. The van der Waals surface area contributed by atoms with Gasteiger partial charge in [-0.25, -0.2) is 4.79 Å². The Morgan fingerprint density at radius 2 is 1.79 bits per heavy atom. The molecule has 2 amide bonds. The molecule has 2 N–H and O–H groups in total. The molecule has 1 atom stereocenters. The van der Waals surface area contributed by atoms with Gasteiger partial charge in [-0.3, -0.25) is 9.59 Å². The first-order valence-electron chi connectivity index (χ1n) is 11.9. The summed E-state index contributed by atoms with van der Waals surface area (Å²) >= 11 is 6.48. The lowest BCUT2D eigenvalue weighted by molar-refractivity contribution is -0.143. The first-order chi connectivity index (χ1) is 16.2. The zero-order valence-corrected chi connectivity index (χ0v) is 20.4. The molecule has 0 spiro atoms. The van der Waals surface area contributed by atoms with Gasteiger partial charge in [0.25, 0.3) is 5.91 Å². The van der Waals surface area contributed by atoms with Crippen molar-refractivity contribution in [1.29, 1.82) is 0 Å². The van der Waals surface area contributed by atoms with Gasteiger partial charge in [0.05, 0.1) is 12.2 Å². The van der Waals surface area contributed by atoms with Gasteiger partial charge in [0.1, 0.15) is 11.3 Å². The van der Waals surface area contributed by atoms with Crippen molar-refractivity contribution in [3.05, 3.63) is 40.9 Å². The molecular formula is C26H31ClN2O5. The highest BCUT2D eigenvalue weighted by Crippen LogP contribution is 2.37. The van der Waals surface area contributed by atoms with Gasteiger partial charge in [-0.2, -0.15) is 0 Å². The Kier molecular flexibility index (Phi) is 7.03. The molecule has 8 heteroatoms. The summed E-state index contributed by atoms with van der Waals surface area (Å²) in [5.74, 6) is -0.482. The van der Waals surface area contributed by atoms with E-state index in [1.165, 1.54) is 6.92 Å². The number of piperidine rings is 1. The van der Waals surface area contributed by atoms with Crippen molar-refractivity contribution < 1.29 is 24.2 Å². The molecule has 1 saturated carbocycles. The van der Waals surface area contributed by atoms with Gasteiger partial charge in [0.2, 0.25) is 5.91 Å². The van der Waals surface area contributed by atoms with Gasteiger partial charge in [0, 0.05) is 34.8 Å². The number of carbonyl (C=O) groups is 3. The molecular weight excluding hydrogens is 456 g/mol. The summed E-state index contributed by atoms with van der Waals surface area (Å²) in [6, 6.07) is 8.97. The molecule has 4 rings (SSSR count). The maximum atomic E-state index is 13.2. The van der Waals surface area contributed by atoms with Crippen molar-refractivity contribution in [1.82, 2.24) is 10.2 Å². The van der Waals surface area contributed by atoms with Crippen LogP contribution in [0.1, 0.15) is 56.3 Å². The van der Waals surface area contributed by atoms with E-state index in [1.54, 1.807) is 13.0 Å². The third-order valence-electron chi connectivity index (χ3n) is 7.07. The van der Waals surface area contributed by atoms with Gasteiger partial charge in [-0.15, -0.1) is 0 Å². The summed E-state index contributed by atoms with van der Waals surface area (Å²) in [6.45, 7) is 5.05. The molecule has 1 aliphatic heterocycles. The zero-order chi connectivity index (χ0) is 24.5. The van der Waals surface area contributed by atoms with E-state index in [9.17, 15) is 19.5 Å². The molecule has 182 valence electrons. The smallest absolute Gasteiger partial charge is 0.329 e. The lowest BCUT2D eigenvalue weighted by Gasteiger charge is -2.32. The van der Waals surface area contributed by atoms with Crippen LogP contribution in [0.5, 0.6) is 5.75 Å². The molecule has 1 saturated heterocycles. The average Bonchev–Trinajstić information content (AvgIpc) is 3.68. The minimum atomic E-state index is -1.41. The number of hydrogen-bond acceptors (Lipinski definition) is 4. The van der Waals surface area contributed by atoms with Crippen LogP contribution in [-0.2, 0) is 9.59 Å². The molecule has 1 aliphatic carbocycles. The highest BCUT2D eigenvalue weighted by molar-refractivity contribution is 6.36. The van der Waals surface area contributed by atoms with Gasteiger partial charge in [-0.1, -0.05) is 42.8 Å². The van der Waals surface area contributed by atoms with Crippen molar-refractivity contribution in [2.24, 2.45) is 11.8 Å². The number of nitrogens with zero attached hydrogens (tertiary/aromatic N) is 1. The summed E-state index contributed by atoms with van der Waals surface area (Å²) in [4.78, 5) is 39.2. The normalized spacial score (nSPS) is 18.4. The second-order valence-corrected chi connectivity index (χ2v) is 9.99. The first-order valence-corrected chi connectivity index (χ1v) is 12.3. The summed E-state index contributed by atoms with van der Waals surface area (Å²) in [5, 5.41) is 14.1. The molecule has 2 fully saturated rings. The molecule has 2 aromatic carbocycles. The van der Waals surface area contributed by atoms with Crippen molar-refractivity contribution in [3.8, 4) is 5.75 Å². The quantitative estimate of drug-likeness (QED) is 0.572. The maximum absolute atomic E-state index is 13.2. The Balaban J connectivity index is 1.54. The summed E-state index contributed by atoms with van der Waals surface area (Å²) in [7, 11) is 0.